The van der Waals surface area contributed by atoms with Crippen LogP contribution in [-0.4, -0.2) is 10.1 Å². The summed E-state index contributed by atoms with van der Waals surface area (Å²) in [6.07, 6.45) is 1.56. The molecule has 1 aromatic heterocycles. The number of benzene rings is 1. The number of nitrogens with zero attached hydrogens (tertiary/aromatic N) is 1. The van der Waals surface area contributed by atoms with Crippen LogP contribution in [0.25, 0.3) is 10.9 Å². The van der Waals surface area contributed by atoms with E-state index in [0.29, 0.717) is 10.9 Å². The van der Waals surface area contributed by atoms with Crippen LogP contribution in [0.5, 0.6) is 5.75 Å². The Bertz CT molecular complexity index is 428. The predicted octanol–water partition coefficient (Wildman–Crippen LogP) is 2.08. The lowest BCUT2D eigenvalue weighted by Crippen LogP contribution is -1.81. The maximum Gasteiger partial charge on any atom is 0.136 e. The zero-order chi connectivity index (χ0) is 8.55. The molecule has 0 unspecified atom stereocenters. The summed E-state index contributed by atoms with van der Waals surface area (Å²) in [5.74, 6) is -0.545. The second-order valence-corrected chi connectivity index (χ2v) is 2.50. The zero-order valence-electron chi connectivity index (χ0n) is 6.16. The molecule has 60 valence electrons. The number of phenolic OH excluding ortho intramolecular Hbond substituents is 1. The molecule has 0 spiro atoms. The van der Waals surface area contributed by atoms with Crippen molar-refractivity contribution in [3.8, 4) is 5.75 Å². The van der Waals surface area contributed by atoms with E-state index in [1.807, 2.05) is 0 Å². The summed E-state index contributed by atoms with van der Waals surface area (Å²) in [7, 11) is 0. The van der Waals surface area contributed by atoms with Gasteiger partial charge in [0.1, 0.15) is 11.6 Å². The molecule has 2 aromatic rings. The van der Waals surface area contributed by atoms with E-state index in [-0.39, 0.29) is 5.75 Å². The molecule has 1 N–H and O–H groups in total. The fraction of sp³-hybridized carbons (Fsp3) is 0. The molecule has 0 bridgehead atoms. The van der Waals surface area contributed by atoms with Gasteiger partial charge in [0.15, 0.2) is 0 Å². The summed E-state index contributed by atoms with van der Waals surface area (Å²) in [6, 6.07) is 5.78. The van der Waals surface area contributed by atoms with Crippen LogP contribution in [0.3, 0.4) is 0 Å². The number of pyridine rings is 1. The summed E-state index contributed by atoms with van der Waals surface area (Å²) >= 11 is 0. The van der Waals surface area contributed by atoms with Crippen LogP contribution < -0.4 is 0 Å². The van der Waals surface area contributed by atoms with Crippen molar-refractivity contribution in [3.05, 3.63) is 36.3 Å². The van der Waals surface area contributed by atoms with Crippen molar-refractivity contribution in [2.45, 2.75) is 0 Å². The lowest BCUT2D eigenvalue weighted by atomic mass is 10.2. The summed E-state index contributed by atoms with van der Waals surface area (Å²) in [5, 5.41) is 9.46. The lowest BCUT2D eigenvalue weighted by molar-refractivity contribution is 0.471. The molecule has 0 saturated heterocycles. The largest absolute Gasteiger partial charge is 0.508 e. The first-order valence-corrected chi connectivity index (χ1v) is 3.50. The number of fused-ring (bicyclic) bond motifs is 1. The van der Waals surface area contributed by atoms with E-state index in [1.54, 1.807) is 18.3 Å². The first kappa shape index (κ1) is 7.03. The van der Waals surface area contributed by atoms with Crippen LogP contribution in [0, 0.1) is 5.82 Å². The molecule has 0 fully saturated rings. The molecule has 0 aliphatic heterocycles. The molecular formula is C9H6FNO. The van der Waals surface area contributed by atoms with Gasteiger partial charge in [0.25, 0.3) is 0 Å². The number of phenols is 1. The highest BCUT2D eigenvalue weighted by atomic mass is 19.1. The molecule has 1 aromatic carbocycles. The van der Waals surface area contributed by atoms with E-state index in [0.717, 1.165) is 6.07 Å². The fourth-order valence-electron chi connectivity index (χ4n) is 1.12. The maximum atomic E-state index is 13.0. The molecule has 0 radical (unpaired) electrons. The molecule has 1 heterocycles. The van der Waals surface area contributed by atoms with Crippen LogP contribution in [0.15, 0.2) is 30.5 Å². The van der Waals surface area contributed by atoms with Gasteiger partial charge in [0.2, 0.25) is 0 Å². The van der Waals surface area contributed by atoms with Crippen molar-refractivity contribution in [3.63, 3.8) is 0 Å². The van der Waals surface area contributed by atoms with Crippen molar-refractivity contribution in [2.24, 2.45) is 0 Å². The molecule has 0 saturated carbocycles. The van der Waals surface area contributed by atoms with Gasteiger partial charge in [-0.1, -0.05) is 0 Å². The SMILES string of the molecule is Oc1cc(F)c2cccnc2c1. The third-order valence-electron chi connectivity index (χ3n) is 1.66. The summed E-state index contributed by atoms with van der Waals surface area (Å²) < 4.78 is 13.0. The zero-order valence-corrected chi connectivity index (χ0v) is 6.16. The minimum absolute atomic E-state index is 0.0984. The van der Waals surface area contributed by atoms with Crippen molar-refractivity contribution in [2.75, 3.05) is 0 Å². The van der Waals surface area contributed by atoms with E-state index >= 15 is 0 Å². The monoisotopic (exact) mass is 163 g/mol. The number of aromatic hydroxyl groups is 1. The molecular weight excluding hydrogens is 157 g/mol. The number of halogens is 1. The van der Waals surface area contributed by atoms with E-state index in [9.17, 15) is 4.39 Å². The molecule has 0 aliphatic rings. The number of hydrogen-bond acceptors (Lipinski definition) is 2. The van der Waals surface area contributed by atoms with Crippen LogP contribution in [0.4, 0.5) is 4.39 Å². The molecule has 0 amide bonds. The minimum Gasteiger partial charge on any atom is -0.508 e. The van der Waals surface area contributed by atoms with Gasteiger partial charge in [-0.25, -0.2) is 4.39 Å². The fourth-order valence-corrected chi connectivity index (χ4v) is 1.12. The average molecular weight is 163 g/mol. The highest BCUT2D eigenvalue weighted by molar-refractivity contribution is 5.80. The van der Waals surface area contributed by atoms with Crippen LogP contribution >= 0.6 is 0 Å². The molecule has 3 heteroatoms. The summed E-state index contributed by atoms with van der Waals surface area (Å²) in [5.41, 5.74) is 0.468. The van der Waals surface area contributed by atoms with Gasteiger partial charge in [-0.15, -0.1) is 0 Å². The molecule has 2 rings (SSSR count). The number of hydrogen-bond donors (Lipinski definition) is 1. The predicted molar refractivity (Wildman–Crippen MR) is 43.4 cm³/mol. The van der Waals surface area contributed by atoms with Crippen molar-refractivity contribution in [1.29, 1.82) is 0 Å². The normalized spacial score (nSPS) is 10.4. The Hall–Kier alpha value is -1.64. The highest BCUT2D eigenvalue weighted by Crippen LogP contribution is 2.20. The van der Waals surface area contributed by atoms with Gasteiger partial charge in [0.05, 0.1) is 5.52 Å². The Balaban J connectivity index is 2.89. The van der Waals surface area contributed by atoms with Crippen molar-refractivity contribution >= 4 is 10.9 Å². The van der Waals surface area contributed by atoms with Gasteiger partial charge < -0.3 is 5.11 Å². The van der Waals surface area contributed by atoms with E-state index in [1.165, 1.54) is 6.07 Å². The lowest BCUT2D eigenvalue weighted by Gasteiger charge is -1.98. The Morgan fingerprint density at radius 3 is 3.00 bits per heavy atom. The van der Waals surface area contributed by atoms with Gasteiger partial charge in [0, 0.05) is 23.7 Å². The van der Waals surface area contributed by atoms with Crippen molar-refractivity contribution < 1.29 is 9.50 Å². The number of rotatable bonds is 0. The van der Waals surface area contributed by atoms with Gasteiger partial charge in [-0.3, -0.25) is 4.98 Å². The second kappa shape index (κ2) is 2.44. The standard InChI is InChI=1S/C9H6FNO/c10-8-4-6(12)5-9-7(8)2-1-3-11-9/h1-5,12H. The van der Waals surface area contributed by atoms with Gasteiger partial charge in [-0.05, 0) is 12.1 Å². The smallest absolute Gasteiger partial charge is 0.136 e. The molecule has 0 aliphatic carbocycles. The minimum atomic E-state index is -0.446. The summed E-state index contributed by atoms with van der Waals surface area (Å²) in [4.78, 5) is 3.90. The number of aromatic nitrogens is 1. The third kappa shape index (κ3) is 0.993. The molecule has 2 nitrogen and oxygen atoms in total. The highest BCUT2D eigenvalue weighted by Gasteiger charge is 2.01. The van der Waals surface area contributed by atoms with Crippen LogP contribution in [0.1, 0.15) is 0 Å². The Morgan fingerprint density at radius 2 is 2.17 bits per heavy atom. The first-order valence-electron chi connectivity index (χ1n) is 3.50. The Labute approximate surface area is 68.3 Å². The average Bonchev–Trinajstić information content (AvgIpc) is 2.04. The Kier molecular flexibility index (Phi) is 1.43. The van der Waals surface area contributed by atoms with E-state index in [4.69, 9.17) is 5.11 Å². The van der Waals surface area contributed by atoms with Gasteiger partial charge in [-0.2, -0.15) is 0 Å². The van der Waals surface area contributed by atoms with E-state index < -0.39 is 5.82 Å². The molecule has 0 atom stereocenters. The quantitative estimate of drug-likeness (QED) is 0.645. The van der Waals surface area contributed by atoms with Crippen LogP contribution in [-0.2, 0) is 0 Å². The second-order valence-electron chi connectivity index (χ2n) is 2.50. The van der Waals surface area contributed by atoms with E-state index in [2.05, 4.69) is 4.98 Å². The summed E-state index contributed by atoms with van der Waals surface area (Å²) in [6.45, 7) is 0. The van der Waals surface area contributed by atoms with Crippen LogP contribution in [0.2, 0.25) is 0 Å². The third-order valence-corrected chi connectivity index (χ3v) is 1.66. The first-order chi connectivity index (χ1) is 5.77. The Morgan fingerprint density at radius 1 is 1.33 bits per heavy atom. The maximum absolute atomic E-state index is 13.0. The van der Waals surface area contributed by atoms with Crippen molar-refractivity contribution in [1.82, 2.24) is 4.98 Å². The molecule has 12 heavy (non-hydrogen) atoms. The van der Waals surface area contributed by atoms with Gasteiger partial charge >= 0.3 is 0 Å². The topological polar surface area (TPSA) is 33.1 Å².